The van der Waals surface area contributed by atoms with Crippen molar-refractivity contribution in [2.24, 2.45) is 0 Å². The van der Waals surface area contributed by atoms with E-state index in [1.807, 2.05) is 0 Å². The van der Waals surface area contributed by atoms with Gasteiger partial charge in [0.15, 0.2) is 22.7 Å². The number of aliphatic hydroxyl groups is 3. The molecule has 1 aliphatic heterocycles. The van der Waals surface area contributed by atoms with Gasteiger partial charge >= 0.3 is 11.3 Å². The molecule has 2 aromatic heterocycles. The Labute approximate surface area is 183 Å². The van der Waals surface area contributed by atoms with E-state index >= 15 is 0 Å². The standard InChI is InChI=1S/C21H18O12/c1-28-15-8(22)3-6-11-12-7(20(27)32-17(11)15)4-10(16(29-2)18(12)33-19(6)26)31-21-14(25)13(24)9(23)5-30-21/h3-4,9,13-14,21-25H,5H2,1-2H3/t9-,13+,14-,21-/m0/s1. The molecule has 2 aromatic carbocycles. The fraction of sp³-hybridized carbons (Fsp3) is 0.333. The predicted octanol–water partition coefficient (Wildman–Crippen LogP) is 0.0310. The molecule has 0 aliphatic carbocycles. The molecule has 0 amide bonds. The second-order valence-corrected chi connectivity index (χ2v) is 7.49. The minimum Gasteiger partial charge on any atom is -0.504 e. The minimum atomic E-state index is -1.63. The van der Waals surface area contributed by atoms with Crippen molar-refractivity contribution >= 4 is 32.7 Å². The smallest absolute Gasteiger partial charge is 0.344 e. The molecule has 0 bridgehead atoms. The number of phenols is 1. The van der Waals surface area contributed by atoms with Crippen molar-refractivity contribution in [1.82, 2.24) is 0 Å². The maximum atomic E-state index is 12.9. The fourth-order valence-corrected chi connectivity index (χ4v) is 4.04. The molecule has 5 rings (SSSR count). The first-order valence-electron chi connectivity index (χ1n) is 9.72. The molecule has 1 fully saturated rings. The van der Waals surface area contributed by atoms with Crippen LogP contribution in [0.25, 0.3) is 32.7 Å². The fourth-order valence-electron chi connectivity index (χ4n) is 4.04. The third kappa shape index (κ3) is 2.99. The zero-order chi connectivity index (χ0) is 23.6. The maximum Gasteiger partial charge on any atom is 0.344 e. The highest BCUT2D eigenvalue weighted by molar-refractivity contribution is 6.22. The summed E-state index contributed by atoms with van der Waals surface area (Å²) >= 11 is 0. The Balaban J connectivity index is 1.81. The first-order chi connectivity index (χ1) is 15.8. The summed E-state index contributed by atoms with van der Waals surface area (Å²) in [5, 5.41) is 40.2. The Bertz CT molecular complexity index is 1480. The van der Waals surface area contributed by atoms with Crippen LogP contribution in [0.3, 0.4) is 0 Å². The Kier molecular flexibility index (Phi) is 4.83. The van der Waals surface area contributed by atoms with E-state index in [4.69, 9.17) is 27.8 Å². The molecule has 0 unspecified atom stereocenters. The van der Waals surface area contributed by atoms with E-state index in [0.29, 0.717) is 0 Å². The van der Waals surface area contributed by atoms with Crippen molar-refractivity contribution in [3.05, 3.63) is 33.0 Å². The lowest BCUT2D eigenvalue weighted by molar-refractivity contribution is -0.242. The lowest BCUT2D eigenvalue weighted by Crippen LogP contribution is -2.54. The third-order valence-electron chi connectivity index (χ3n) is 5.60. The van der Waals surface area contributed by atoms with Crippen LogP contribution < -0.4 is 25.5 Å². The van der Waals surface area contributed by atoms with Gasteiger partial charge in [-0.05, 0) is 12.1 Å². The van der Waals surface area contributed by atoms with Gasteiger partial charge in [-0.1, -0.05) is 0 Å². The van der Waals surface area contributed by atoms with Crippen LogP contribution in [-0.2, 0) is 4.74 Å². The van der Waals surface area contributed by atoms with E-state index in [1.165, 1.54) is 20.3 Å². The van der Waals surface area contributed by atoms with Crippen molar-refractivity contribution in [3.8, 4) is 23.0 Å². The SMILES string of the molecule is COc1c(O)cc2c(=O)oc3c(OC)c(O[C@@H]4OC[C@H](O)[C@@H](O)[C@@H]4O)cc4c(=O)oc1c2c34. The summed E-state index contributed by atoms with van der Waals surface area (Å²) in [5.41, 5.74) is -2.02. The number of aliphatic hydroxyl groups excluding tert-OH is 3. The molecule has 0 saturated carbocycles. The van der Waals surface area contributed by atoms with Gasteiger partial charge in [-0.2, -0.15) is 0 Å². The van der Waals surface area contributed by atoms with Gasteiger partial charge in [-0.15, -0.1) is 0 Å². The van der Waals surface area contributed by atoms with E-state index in [2.05, 4.69) is 0 Å². The van der Waals surface area contributed by atoms with Gasteiger partial charge in [0, 0.05) is 10.8 Å². The van der Waals surface area contributed by atoms with Gasteiger partial charge in [0.1, 0.15) is 18.3 Å². The highest BCUT2D eigenvalue weighted by Gasteiger charge is 2.40. The molecule has 1 aliphatic rings. The molecule has 3 heterocycles. The van der Waals surface area contributed by atoms with Gasteiger partial charge < -0.3 is 48.2 Å². The molecule has 4 N–H and O–H groups in total. The van der Waals surface area contributed by atoms with Crippen LogP contribution in [0.4, 0.5) is 0 Å². The van der Waals surface area contributed by atoms with E-state index < -0.39 is 41.6 Å². The summed E-state index contributed by atoms with van der Waals surface area (Å²) in [6.45, 7) is -0.319. The Morgan fingerprint density at radius 3 is 2.06 bits per heavy atom. The number of hydrogen-bond acceptors (Lipinski definition) is 12. The van der Waals surface area contributed by atoms with E-state index in [-0.39, 0.29) is 56.6 Å². The summed E-state index contributed by atoms with van der Waals surface area (Å²) in [4.78, 5) is 25.6. The lowest BCUT2D eigenvalue weighted by atomic mass is 10.0. The molecule has 33 heavy (non-hydrogen) atoms. The number of phenolic OH excluding ortho intramolecular Hbond substituents is 1. The summed E-state index contributed by atoms with van der Waals surface area (Å²) in [6.07, 6.45) is -5.91. The number of rotatable bonds is 4. The Morgan fingerprint density at radius 1 is 0.879 bits per heavy atom. The van der Waals surface area contributed by atoms with Crippen molar-refractivity contribution in [3.63, 3.8) is 0 Å². The largest absolute Gasteiger partial charge is 0.504 e. The highest BCUT2D eigenvalue weighted by Crippen LogP contribution is 2.46. The summed E-state index contributed by atoms with van der Waals surface area (Å²) in [5.74, 6) is -0.809. The van der Waals surface area contributed by atoms with Gasteiger partial charge in [0.2, 0.25) is 17.8 Å². The zero-order valence-electron chi connectivity index (χ0n) is 17.2. The maximum absolute atomic E-state index is 12.9. The zero-order valence-corrected chi connectivity index (χ0v) is 17.2. The molecule has 0 radical (unpaired) electrons. The summed E-state index contributed by atoms with van der Waals surface area (Å²) in [7, 11) is 2.53. The number of hydrogen-bond donors (Lipinski definition) is 4. The topological polar surface area (TPSA) is 178 Å². The van der Waals surface area contributed by atoms with E-state index in [9.17, 15) is 30.0 Å². The first kappa shape index (κ1) is 21.3. The van der Waals surface area contributed by atoms with Gasteiger partial charge in [-0.3, -0.25) is 0 Å². The molecule has 0 spiro atoms. The molecular formula is C21H18O12. The van der Waals surface area contributed by atoms with Crippen molar-refractivity contribution in [2.45, 2.75) is 24.6 Å². The molecule has 1 saturated heterocycles. The highest BCUT2D eigenvalue weighted by atomic mass is 16.7. The first-order valence-corrected chi connectivity index (χ1v) is 9.72. The Hall–Kier alpha value is -3.58. The van der Waals surface area contributed by atoms with Crippen LogP contribution in [0.1, 0.15) is 0 Å². The molecule has 12 heteroatoms. The van der Waals surface area contributed by atoms with Crippen LogP contribution in [0, 0.1) is 0 Å². The monoisotopic (exact) mass is 462 g/mol. The van der Waals surface area contributed by atoms with Crippen LogP contribution in [0.5, 0.6) is 23.0 Å². The average Bonchev–Trinajstić information content (AvgIpc) is 2.78. The van der Waals surface area contributed by atoms with E-state index in [1.54, 1.807) is 0 Å². The third-order valence-corrected chi connectivity index (χ3v) is 5.60. The normalized spacial score (nSPS) is 23.4. The van der Waals surface area contributed by atoms with Gasteiger partial charge in [0.05, 0.1) is 31.6 Å². The lowest BCUT2D eigenvalue weighted by Gasteiger charge is -2.35. The van der Waals surface area contributed by atoms with Gasteiger partial charge in [-0.25, -0.2) is 9.59 Å². The molecule has 12 nitrogen and oxygen atoms in total. The minimum absolute atomic E-state index is 0.0524. The van der Waals surface area contributed by atoms with Crippen molar-refractivity contribution < 1.29 is 48.2 Å². The second kappa shape index (κ2) is 7.49. The average molecular weight is 462 g/mol. The van der Waals surface area contributed by atoms with Crippen molar-refractivity contribution in [2.75, 3.05) is 20.8 Å². The number of methoxy groups -OCH3 is 2. The number of ether oxygens (including phenoxy) is 4. The summed E-state index contributed by atoms with van der Waals surface area (Å²) < 4.78 is 32.2. The van der Waals surface area contributed by atoms with Crippen LogP contribution >= 0.6 is 0 Å². The predicted molar refractivity (Wildman–Crippen MR) is 110 cm³/mol. The quantitative estimate of drug-likeness (QED) is 0.237. The van der Waals surface area contributed by atoms with Crippen LogP contribution in [0.15, 0.2) is 30.6 Å². The molecule has 4 atom stereocenters. The Morgan fingerprint density at radius 2 is 1.45 bits per heavy atom. The molecule has 174 valence electrons. The molecular weight excluding hydrogens is 444 g/mol. The second-order valence-electron chi connectivity index (χ2n) is 7.49. The number of benzene rings is 2. The van der Waals surface area contributed by atoms with E-state index in [0.717, 1.165) is 6.07 Å². The van der Waals surface area contributed by atoms with Crippen molar-refractivity contribution in [1.29, 1.82) is 0 Å². The van der Waals surface area contributed by atoms with Crippen LogP contribution in [-0.4, -0.2) is 65.9 Å². The molecule has 4 aromatic rings. The summed E-state index contributed by atoms with van der Waals surface area (Å²) in [6, 6.07) is 2.39. The van der Waals surface area contributed by atoms with Crippen LogP contribution in [0.2, 0.25) is 0 Å². The number of aromatic hydroxyl groups is 1. The van der Waals surface area contributed by atoms with Gasteiger partial charge in [0.25, 0.3) is 0 Å².